The smallest absolute Gasteiger partial charge is 0.178 e. The molecule has 3 fully saturated rings. The Morgan fingerprint density at radius 2 is 1.95 bits per heavy atom. The normalized spacial score (nSPS) is 48.5. The number of halogens is 1. The molecule has 0 saturated heterocycles. The van der Waals surface area contributed by atoms with Gasteiger partial charge in [-0.3, -0.25) is 9.59 Å². The Kier molecular flexibility index (Phi) is 2.65. The quantitative estimate of drug-likeness (QED) is 0.683. The van der Waals surface area contributed by atoms with Gasteiger partial charge in [0.2, 0.25) is 0 Å². The summed E-state index contributed by atoms with van der Waals surface area (Å²) in [5.74, 6) is 0.868. The first-order valence-electron chi connectivity index (χ1n) is 8.11. The molecule has 0 aromatic heterocycles. The molecule has 0 amide bonds. The number of fused-ring (bicyclic) bond motifs is 5. The number of carbonyl (C=O) groups excluding carboxylic acids is 2. The van der Waals surface area contributed by atoms with Gasteiger partial charge in [0.25, 0.3) is 0 Å². The topological polar surface area (TPSA) is 34.1 Å². The molecule has 5 atom stereocenters. The maximum Gasteiger partial charge on any atom is 0.178 e. The number of hydrogen-bond donors (Lipinski definition) is 0. The Labute approximate surface area is 124 Å². The van der Waals surface area contributed by atoms with Gasteiger partial charge in [-0.1, -0.05) is 6.92 Å². The lowest BCUT2D eigenvalue weighted by Crippen LogP contribution is -2.52. The van der Waals surface area contributed by atoms with E-state index in [9.17, 15) is 9.59 Å². The second kappa shape index (κ2) is 4.15. The Morgan fingerprint density at radius 3 is 2.76 bits per heavy atom. The van der Waals surface area contributed by atoms with Crippen LogP contribution in [0.3, 0.4) is 0 Å². The molecule has 0 N–H and O–H groups in total. The highest BCUT2D eigenvalue weighted by molar-refractivity contribution is 6.01. The maximum atomic E-state index is 15.6. The van der Waals surface area contributed by atoms with E-state index in [1.165, 1.54) is 18.2 Å². The molecule has 3 heteroatoms. The minimum Gasteiger partial charge on any atom is -0.299 e. The zero-order valence-corrected chi connectivity index (χ0v) is 12.4. The van der Waals surface area contributed by atoms with E-state index in [-0.39, 0.29) is 23.0 Å². The number of rotatable bonds is 0. The number of alkyl halides is 1. The maximum absolute atomic E-state index is 15.6. The Balaban J connectivity index is 1.72. The van der Waals surface area contributed by atoms with E-state index in [1.807, 2.05) is 0 Å². The Hall–Kier alpha value is -1.25. The number of hydrogen-bond acceptors (Lipinski definition) is 2. The molecule has 3 saturated carbocycles. The number of Topliss-reactive ketones (excluding diaryl/α,β-unsaturated/α-hetero) is 1. The van der Waals surface area contributed by atoms with Crippen LogP contribution in [0.15, 0.2) is 23.8 Å². The molecule has 0 aromatic rings. The van der Waals surface area contributed by atoms with E-state index < -0.39 is 5.67 Å². The van der Waals surface area contributed by atoms with Crippen molar-refractivity contribution in [3.05, 3.63) is 23.8 Å². The minimum atomic E-state index is -1.44. The second-order valence-corrected chi connectivity index (χ2v) is 7.51. The van der Waals surface area contributed by atoms with Crippen LogP contribution in [-0.2, 0) is 9.59 Å². The standard InChI is InChI=1S/C18H21FO2/c1-17-8-7-15-13(14(17)4-5-16(17)21)3-2-11-10-12(20)6-9-18(11,15)19/h6,9-10,13-15H,2-5,7-8H2,1H3/t13-,14?,15?,17-,18+/m0/s1. The van der Waals surface area contributed by atoms with Gasteiger partial charge >= 0.3 is 0 Å². The van der Waals surface area contributed by atoms with Crippen molar-refractivity contribution >= 4 is 11.6 Å². The Morgan fingerprint density at radius 1 is 1.14 bits per heavy atom. The summed E-state index contributed by atoms with van der Waals surface area (Å²) >= 11 is 0. The average molecular weight is 288 g/mol. The fraction of sp³-hybridized carbons (Fsp3) is 0.667. The van der Waals surface area contributed by atoms with Crippen LogP contribution >= 0.6 is 0 Å². The zero-order valence-electron chi connectivity index (χ0n) is 12.4. The molecular formula is C18H21FO2. The van der Waals surface area contributed by atoms with E-state index in [1.54, 1.807) is 0 Å². The van der Waals surface area contributed by atoms with Crippen molar-refractivity contribution in [3.8, 4) is 0 Å². The van der Waals surface area contributed by atoms with Gasteiger partial charge in [0, 0.05) is 17.8 Å². The highest BCUT2D eigenvalue weighted by Crippen LogP contribution is 2.61. The van der Waals surface area contributed by atoms with E-state index in [4.69, 9.17) is 0 Å². The van der Waals surface area contributed by atoms with Crippen molar-refractivity contribution in [2.24, 2.45) is 23.2 Å². The molecule has 4 aliphatic rings. The zero-order chi connectivity index (χ0) is 14.8. The molecule has 21 heavy (non-hydrogen) atoms. The van der Waals surface area contributed by atoms with Crippen LogP contribution in [-0.4, -0.2) is 17.2 Å². The first-order chi connectivity index (χ1) is 9.95. The number of allylic oxidation sites excluding steroid dienone is 4. The van der Waals surface area contributed by atoms with Crippen molar-refractivity contribution in [1.82, 2.24) is 0 Å². The highest BCUT2D eigenvalue weighted by Gasteiger charge is 2.60. The molecule has 4 rings (SSSR count). The summed E-state index contributed by atoms with van der Waals surface area (Å²) < 4.78 is 15.6. The van der Waals surface area contributed by atoms with Crippen molar-refractivity contribution in [3.63, 3.8) is 0 Å². The molecule has 0 aromatic carbocycles. The first kappa shape index (κ1) is 13.4. The SMILES string of the molecule is C[C@]12CCC3[C@@H](CCC4=CC(=O)C=C[C@@]43F)C1CCC2=O. The minimum absolute atomic E-state index is 0.0502. The molecule has 0 radical (unpaired) electrons. The average Bonchev–Trinajstić information content (AvgIpc) is 2.76. The van der Waals surface area contributed by atoms with E-state index in [2.05, 4.69) is 6.92 Å². The number of ketones is 2. The van der Waals surface area contributed by atoms with Crippen LogP contribution in [0, 0.1) is 23.2 Å². The van der Waals surface area contributed by atoms with Gasteiger partial charge in [-0.15, -0.1) is 0 Å². The third-order valence-electron chi connectivity index (χ3n) is 6.73. The molecule has 2 unspecified atom stereocenters. The predicted molar refractivity (Wildman–Crippen MR) is 77.4 cm³/mol. The van der Waals surface area contributed by atoms with E-state index in [0.29, 0.717) is 30.1 Å². The third kappa shape index (κ3) is 1.63. The van der Waals surface area contributed by atoms with Gasteiger partial charge in [0.05, 0.1) is 0 Å². The van der Waals surface area contributed by atoms with E-state index in [0.717, 1.165) is 25.7 Å². The summed E-state index contributed by atoms with van der Waals surface area (Å²) in [6.07, 6.45) is 9.14. The van der Waals surface area contributed by atoms with Crippen molar-refractivity contribution < 1.29 is 14.0 Å². The fourth-order valence-corrected chi connectivity index (χ4v) is 5.57. The molecule has 0 aliphatic heterocycles. The Bertz CT molecular complexity index is 590. The lowest BCUT2D eigenvalue weighted by Gasteiger charge is -2.53. The van der Waals surface area contributed by atoms with Crippen molar-refractivity contribution in [2.75, 3.05) is 0 Å². The van der Waals surface area contributed by atoms with Crippen LogP contribution in [0.4, 0.5) is 4.39 Å². The van der Waals surface area contributed by atoms with Crippen molar-refractivity contribution in [2.45, 2.75) is 51.1 Å². The van der Waals surface area contributed by atoms with Crippen LogP contribution < -0.4 is 0 Å². The van der Waals surface area contributed by atoms with Crippen LogP contribution in [0.2, 0.25) is 0 Å². The van der Waals surface area contributed by atoms with Crippen molar-refractivity contribution in [1.29, 1.82) is 0 Å². The largest absolute Gasteiger partial charge is 0.299 e. The van der Waals surface area contributed by atoms with Crippen LogP contribution in [0.25, 0.3) is 0 Å². The first-order valence-corrected chi connectivity index (χ1v) is 8.11. The van der Waals surface area contributed by atoms with Crippen LogP contribution in [0.5, 0.6) is 0 Å². The summed E-state index contributed by atoms with van der Waals surface area (Å²) in [6, 6.07) is 0. The van der Waals surface area contributed by atoms with Gasteiger partial charge in [0.15, 0.2) is 11.5 Å². The number of carbonyl (C=O) groups is 2. The van der Waals surface area contributed by atoms with Gasteiger partial charge in [-0.25, -0.2) is 4.39 Å². The molecule has 4 aliphatic carbocycles. The van der Waals surface area contributed by atoms with Crippen LogP contribution in [0.1, 0.15) is 45.4 Å². The van der Waals surface area contributed by atoms with E-state index >= 15 is 4.39 Å². The fourth-order valence-electron chi connectivity index (χ4n) is 5.57. The molecule has 2 nitrogen and oxygen atoms in total. The third-order valence-corrected chi connectivity index (χ3v) is 6.73. The van der Waals surface area contributed by atoms with Gasteiger partial charge < -0.3 is 0 Å². The summed E-state index contributed by atoms with van der Waals surface area (Å²) in [4.78, 5) is 23.8. The summed E-state index contributed by atoms with van der Waals surface area (Å²) in [6.45, 7) is 2.10. The summed E-state index contributed by atoms with van der Waals surface area (Å²) in [7, 11) is 0. The van der Waals surface area contributed by atoms with Gasteiger partial charge in [-0.2, -0.15) is 0 Å². The lowest BCUT2D eigenvalue weighted by molar-refractivity contribution is -0.132. The molecule has 0 spiro atoms. The van der Waals surface area contributed by atoms with Gasteiger partial charge in [-0.05, 0) is 67.7 Å². The van der Waals surface area contributed by atoms with Gasteiger partial charge in [0.1, 0.15) is 5.78 Å². The lowest BCUT2D eigenvalue weighted by atomic mass is 9.52. The summed E-state index contributed by atoms with van der Waals surface area (Å²) in [5, 5.41) is 0. The summed E-state index contributed by atoms with van der Waals surface area (Å²) in [5.41, 5.74) is -0.985. The monoisotopic (exact) mass is 288 g/mol. The molecular weight excluding hydrogens is 267 g/mol. The predicted octanol–water partition coefficient (Wildman–Crippen LogP) is 3.57. The molecule has 0 bridgehead atoms. The second-order valence-electron chi connectivity index (χ2n) is 7.51. The molecule has 112 valence electrons. The molecule has 0 heterocycles. The highest BCUT2D eigenvalue weighted by atomic mass is 19.1.